The normalized spacial score (nSPS) is 14.7. The number of hydrogen-bond donors (Lipinski definition) is 1. The Labute approximate surface area is 120 Å². The quantitative estimate of drug-likeness (QED) is 0.939. The molecule has 106 valence electrons. The number of fused-ring (bicyclic) bond motifs is 1. The van der Waals surface area contributed by atoms with Crippen LogP contribution in [0.25, 0.3) is 0 Å². The summed E-state index contributed by atoms with van der Waals surface area (Å²) in [4.78, 5) is 22.6. The Morgan fingerprint density at radius 2 is 2.25 bits per heavy atom. The van der Waals surface area contributed by atoms with Gasteiger partial charge in [0.15, 0.2) is 5.13 Å². The standard InChI is InChI=1S/C13H16N4O2S/c1-8(2)10-11(12(18)19)20-13(15-10)17-6-5-16-4-3-14-9(16)7-17/h3-4,8H,5-7H2,1-2H3,(H,18,19). The zero-order chi connectivity index (χ0) is 14.3. The van der Waals surface area contributed by atoms with E-state index < -0.39 is 5.97 Å². The highest BCUT2D eigenvalue weighted by atomic mass is 32.1. The van der Waals surface area contributed by atoms with E-state index in [1.54, 1.807) is 6.20 Å². The van der Waals surface area contributed by atoms with Gasteiger partial charge < -0.3 is 14.6 Å². The number of hydrogen-bond acceptors (Lipinski definition) is 5. The van der Waals surface area contributed by atoms with E-state index in [4.69, 9.17) is 0 Å². The first-order valence-corrected chi connectivity index (χ1v) is 7.37. The molecule has 7 heteroatoms. The number of aromatic carboxylic acids is 1. The number of carboxylic acid groups (broad SMARTS) is 1. The zero-order valence-corrected chi connectivity index (χ0v) is 12.2. The highest BCUT2D eigenvalue weighted by Crippen LogP contribution is 2.32. The first-order valence-electron chi connectivity index (χ1n) is 6.55. The van der Waals surface area contributed by atoms with Crippen molar-refractivity contribution in [2.45, 2.75) is 32.9 Å². The Kier molecular flexibility index (Phi) is 3.21. The molecule has 0 unspecified atom stereocenters. The number of rotatable bonds is 3. The van der Waals surface area contributed by atoms with Gasteiger partial charge in [-0.05, 0) is 5.92 Å². The van der Waals surface area contributed by atoms with E-state index in [1.807, 2.05) is 20.0 Å². The van der Waals surface area contributed by atoms with Crippen LogP contribution in [0.15, 0.2) is 12.4 Å². The Hall–Kier alpha value is -1.89. The van der Waals surface area contributed by atoms with Crippen molar-refractivity contribution in [3.63, 3.8) is 0 Å². The highest BCUT2D eigenvalue weighted by molar-refractivity contribution is 7.17. The van der Waals surface area contributed by atoms with Crippen LogP contribution in [0, 0.1) is 0 Å². The number of carboxylic acids is 1. The number of aromatic nitrogens is 3. The summed E-state index contributed by atoms with van der Waals surface area (Å²) in [7, 11) is 0. The number of carbonyl (C=O) groups is 1. The van der Waals surface area contributed by atoms with Gasteiger partial charge in [0.25, 0.3) is 0 Å². The van der Waals surface area contributed by atoms with Gasteiger partial charge in [-0.3, -0.25) is 0 Å². The maximum absolute atomic E-state index is 11.3. The third-order valence-corrected chi connectivity index (χ3v) is 4.52. The van der Waals surface area contributed by atoms with E-state index in [-0.39, 0.29) is 5.92 Å². The first kappa shape index (κ1) is 13.1. The maximum atomic E-state index is 11.3. The monoisotopic (exact) mass is 292 g/mol. The van der Waals surface area contributed by atoms with Crippen LogP contribution >= 0.6 is 11.3 Å². The minimum atomic E-state index is -0.893. The van der Waals surface area contributed by atoms with Gasteiger partial charge in [0.05, 0.1) is 12.2 Å². The van der Waals surface area contributed by atoms with Gasteiger partial charge in [-0.2, -0.15) is 0 Å². The van der Waals surface area contributed by atoms with Crippen molar-refractivity contribution >= 4 is 22.4 Å². The summed E-state index contributed by atoms with van der Waals surface area (Å²) in [5, 5.41) is 10.1. The van der Waals surface area contributed by atoms with Crippen LogP contribution in [0.2, 0.25) is 0 Å². The summed E-state index contributed by atoms with van der Waals surface area (Å²) < 4.78 is 2.12. The molecule has 0 saturated heterocycles. The summed E-state index contributed by atoms with van der Waals surface area (Å²) in [6, 6.07) is 0. The van der Waals surface area contributed by atoms with Crippen molar-refractivity contribution < 1.29 is 9.90 Å². The third kappa shape index (κ3) is 2.18. The lowest BCUT2D eigenvalue weighted by Crippen LogP contribution is -2.33. The molecule has 0 aromatic carbocycles. The molecule has 3 rings (SSSR count). The van der Waals surface area contributed by atoms with Crippen LogP contribution in [-0.4, -0.2) is 32.2 Å². The SMILES string of the molecule is CC(C)c1nc(N2CCn3ccnc3C2)sc1C(=O)O. The molecular weight excluding hydrogens is 276 g/mol. The second-order valence-electron chi connectivity index (χ2n) is 5.13. The van der Waals surface area contributed by atoms with Crippen molar-refractivity contribution in [2.24, 2.45) is 0 Å². The largest absolute Gasteiger partial charge is 0.477 e. The molecule has 0 atom stereocenters. The molecule has 20 heavy (non-hydrogen) atoms. The van der Waals surface area contributed by atoms with Crippen molar-refractivity contribution in [3.05, 3.63) is 28.8 Å². The van der Waals surface area contributed by atoms with Gasteiger partial charge in [0.2, 0.25) is 0 Å². The van der Waals surface area contributed by atoms with Gasteiger partial charge in [-0.15, -0.1) is 0 Å². The van der Waals surface area contributed by atoms with Gasteiger partial charge in [0.1, 0.15) is 10.7 Å². The van der Waals surface area contributed by atoms with Gasteiger partial charge in [-0.25, -0.2) is 14.8 Å². The van der Waals surface area contributed by atoms with E-state index in [2.05, 4.69) is 19.4 Å². The van der Waals surface area contributed by atoms with E-state index >= 15 is 0 Å². The molecule has 0 spiro atoms. The average molecular weight is 292 g/mol. The predicted octanol–water partition coefficient (Wildman–Crippen LogP) is 2.18. The summed E-state index contributed by atoms with van der Waals surface area (Å²) in [5.41, 5.74) is 0.673. The molecule has 0 radical (unpaired) electrons. The summed E-state index contributed by atoms with van der Waals surface area (Å²) in [6.45, 7) is 6.29. The number of anilines is 1. The Morgan fingerprint density at radius 1 is 1.45 bits per heavy atom. The molecule has 0 aliphatic carbocycles. The fourth-order valence-electron chi connectivity index (χ4n) is 2.34. The minimum absolute atomic E-state index is 0.109. The fraction of sp³-hybridized carbons (Fsp3) is 0.462. The average Bonchev–Trinajstić information content (AvgIpc) is 3.04. The lowest BCUT2D eigenvalue weighted by atomic mass is 10.1. The van der Waals surface area contributed by atoms with Crippen molar-refractivity contribution in [1.29, 1.82) is 0 Å². The number of imidazole rings is 1. The minimum Gasteiger partial charge on any atom is -0.477 e. The number of thiazole rings is 1. The molecule has 3 heterocycles. The van der Waals surface area contributed by atoms with Gasteiger partial charge in [0, 0.05) is 25.5 Å². The lowest BCUT2D eigenvalue weighted by molar-refractivity contribution is 0.0700. The van der Waals surface area contributed by atoms with Gasteiger partial charge in [-0.1, -0.05) is 25.2 Å². The van der Waals surface area contributed by atoms with Crippen molar-refractivity contribution in [1.82, 2.24) is 14.5 Å². The zero-order valence-electron chi connectivity index (χ0n) is 11.4. The number of nitrogens with zero attached hydrogens (tertiary/aromatic N) is 4. The maximum Gasteiger partial charge on any atom is 0.347 e. The van der Waals surface area contributed by atoms with E-state index in [9.17, 15) is 9.90 Å². The third-order valence-electron chi connectivity index (χ3n) is 3.40. The highest BCUT2D eigenvalue weighted by Gasteiger charge is 2.25. The first-order chi connectivity index (χ1) is 9.56. The molecular formula is C13H16N4O2S. The van der Waals surface area contributed by atoms with Crippen LogP contribution in [0.5, 0.6) is 0 Å². The molecule has 0 amide bonds. The van der Waals surface area contributed by atoms with E-state index in [0.29, 0.717) is 17.1 Å². The van der Waals surface area contributed by atoms with Crippen LogP contribution < -0.4 is 4.90 Å². The molecule has 0 saturated carbocycles. The van der Waals surface area contributed by atoms with Crippen molar-refractivity contribution in [3.8, 4) is 0 Å². The molecule has 1 aliphatic rings. The molecule has 2 aromatic rings. The lowest BCUT2D eigenvalue weighted by Gasteiger charge is -2.27. The Balaban J connectivity index is 1.92. The topological polar surface area (TPSA) is 71.2 Å². The van der Waals surface area contributed by atoms with Gasteiger partial charge >= 0.3 is 5.97 Å². The van der Waals surface area contributed by atoms with Crippen LogP contribution in [-0.2, 0) is 13.1 Å². The van der Waals surface area contributed by atoms with E-state index in [0.717, 1.165) is 24.0 Å². The second-order valence-corrected chi connectivity index (χ2v) is 6.11. The second kappa shape index (κ2) is 4.90. The molecule has 0 fully saturated rings. The molecule has 0 bridgehead atoms. The molecule has 1 aliphatic heterocycles. The van der Waals surface area contributed by atoms with E-state index in [1.165, 1.54) is 11.3 Å². The van der Waals surface area contributed by atoms with Crippen molar-refractivity contribution in [2.75, 3.05) is 11.4 Å². The predicted molar refractivity (Wildman–Crippen MR) is 76.4 cm³/mol. The van der Waals surface area contributed by atoms with Crippen LogP contribution in [0.1, 0.15) is 41.0 Å². The Morgan fingerprint density at radius 3 is 2.90 bits per heavy atom. The van der Waals surface area contributed by atoms with Crippen LogP contribution in [0.4, 0.5) is 5.13 Å². The molecule has 6 nitrogen and oxygen atoms in total. The summed E-state index contributed by atoms with van der Waals surface area (Å²) in [5.74, 6) is 0.211. The Bertz CT molecular complexity index is 647. The molecule has 2 aromatic heterocycles. The van der Waals surface area contributed by atoms with Crippen LogP contribution in [0.3, 0.4) is 0 Å². The smallest absolute Gasteiger partial charge is 0.347 e. The summed E-state index contributed by atoms with van der Waals surface area (Å²) in [6.07, 6.45) is 3.76. The fourth-order valence-corrected chi connectivity index (χ4v) is 3.42. The summed E-state index contributed by atoms with van der Waals surface area (Å²) >= 11 is 1.26. The molecule has 1 N–H and O–H groups in total.